The third-order valence-corrected chi connectivity index (χ3v) is 7.12. The second kappa shape index (κ2) is 9.56. The van der Waals surface area contributed by atoms with Crippen LogP contribution >= 0.6 is 0 Å². The van der Waals surface area contributed by atoms with Crippen LogP contribution in [0.15, 0.2) is 34.7 Å². The lowest BCUT2D eigenvalue weighted by Crippen LogP contribution is -2.36. The Morgan fingerprint density at radius 3 is 2.57 bits per heavy atom. The van der Waals surface area contributed by atoms with E-state index in [-0.39, 0.29) is 16.5 Å². The number of allylic oxidation sites excluding steroid dienone is 1. The lowest BCUT2D eigenvalue weighted by molar-refractivity contribution is 0.0697. The molecule has 0 aromatic heterocycles. The summed E-state index contributed by atoms with van der Waals surface area (Å²) in [6, 6.07) is 4.25. The second-order valence-corrected chi connectivity index (χ2v) is 9.47. The van der Waals surface area contributed by atoms with E-state index in [1.54, 1.807) is 6.07 Å². The van der Waals surface area contributed by atoms with E-state index >= 15 is 0 Å². The summed E-state index contributed by atoms with van der Waals surface area (Å²) >= 11 is 0. The Hall–Kier alpha value is -1.86. The molecule has 0 amide bonds. The topological polar surface area (TPSA) is 95.5 Å². The maximum Gasteiger partial charge on any atom is 0.337 e. The van der Waals surface area contributed by atoms with Crippen LogP contribution in [0.1, 0.15) is 74.6 Å². The van der Waals surface area contributed by atoms with Crippen LogP contribution in [0, 0.1) is 0 Å². The summed E-state index contributed by atoms with van der Waals surface area (Å²) in [4.78, 5) is 11.7. The highest BCUT2D eigenvalue weighted by atomic mass is 32.2. The average molecular weight is 407 g/mol. The van der Waals surface area contributed by atoms with E-state index in [9.17, 15) is 18.3 Å². The minimum Gasteiger partial charge on any atom is -0.478 e. The minimum atomic E-state index is -3.72. The summed E-state index contributed by atoms with van der Waals surface area (Å²) in [5.41, 5.74) is 1.86. The van der Waals surface area contributed by atoms with Gasteiger partial charge in [-0.25, -0.2) is 17.9 Å². The van der Waals surface area contributed by atoms with Gasteiger partial charge in [0.25, 0.3) is 0 Å². The van der Waals surface area contributed by atoms with Crippen molar-refractivity contribution in [2.24, 2.45) is 0 Å². The largest absolute Gasteiger partial charge is 0.478 e. The molecule has 154 valence electrons. The molecule has 0 heterocycles. The Kier molecular flexibility index (Phi) is 7.13. The molecule has 1 aromatic rings. The molecule has 3 rings (SSSR count). The van der Waals surface area contributed by atoms with Crippen LogP contribution in [-0.4, -0.2) is 32.1 Å². The van der Waals surface area contributed by atoms with Gasteiger partial charge in [0.2, 0.25) is 10.0 Å². The summed E-state index contributed by atoms with van der Waals surface area (Å²) in [5.74, 6) is -1.13. The Bertz CT molecular complexity index is 827. The number of carbonyl (C=O) groups is 1. The third kappa shape index (κ3) is 5.58. The highest BCUT2D eigenvalue weighted by Crippen LogP contribution is 2.25. The van der Waals surface area contributed by atoms with E-state index in [0.717, 1.165) is 51.4 Å². The van der Waals surface area contributed by atoms with Gasteiger partial charge < -0.3 is 10.4 Å². The van der Waals surface area contributed by atoms with E-state index in [0.29, 0.717) is 12.2 Å². The van der Waals surface area contributed by atoms with Crippen molar-refractivity contribution in [1.82, 2.24) is 4.72 Å². The van der Waals surface area contributed by atoms with Gasteiger partial charge in [-0.3, -0.25) is 0 Å². The molecule has 0 radical (unpaired) electrons. The first-order chi connectivity index (χ1) is 13.5. The smallest absolute Gasteiger partial charge is 0.337 e. The molecular weight excluding hydrogens is 376 g/mol. The summed E-state index contributed by atoms with van der Waals surface area (Å²) in [7, 11) is -3.72. The molecule has 1 aromatic carbocycles. The number of nitrogens with one attached hydrogen (secondary N) is 2. The maximum absolute atomic E-state index is 12.7. The Labute approximate surface area is 167 Å². The molecule has 1 saturated carbocycles. The van der Waals surface area contributed by atoms with Gasteiger partial charge >= 0.3 is 5.97 Å². The zero-order valence-corrected chi connectivity index (χ0v) is 17.1. The van der Waals surface area contributed by atoms with Crippen LogP contribution in [0.25, 0.3) is 0 Å². The SMILES string of the molecule is O=C(O)c1cc(S(=O)(=O)NC2CCCCC2)ccc1NCCC1=CCCCC1. The number of aromatic carboxylic acids is 1. The number of anilines is 1. The zero-order valence-electron chi connectivity index (χ0n) is 16.2. The van der Waals surface area contributed by atoms with Gasteiger partial charge in [0.15, 0.2) is 0 Å². The van der Waals surface area contributed by atoms with Crippen molar-refractivity contribution in [3.05, 3.63) is 35.4 Å². The Morgan fingerprint density at radius 1 is 1.11 bits per heavy atom. The highest BCUT2D eigenvalue weighted by Gasteiger charge is 2.23. The monoisotopic (exact) mass is 406 g/mol. The number of carboxylic acids is 1. The number of sulfonamides is 1. The number of hydrogen-bond donors (Lipinski definition) is 3. The van der Waals surface area contributed by atoms with Crippen LogP contribution in [0.2, 0.25) is 0 Å². The molecule has 2 aliphatic carbocycles. The van der Waals surface area contributed by atoms with Crippen molar-refractivity contribution in [2.45, 2.75) is 75.1 Å². The predicted molar refractivity (Wildman–Crippen MR) is 110 cm³/mol. The van der Waals surface area contributed by atoms with E-state index in [2.05, 4.69) is 16.1 Å². The second-order valence-electron chi connectivity index (χ2n) is 7.75. The van der Waals surface area contributed by atoms with Crippen molar-refractivity contribution < 1.29 is 18.3 Å². The molecule has 7 heteroatoms. The normalized spacial score (nSPS) is 18.5. The van der Waals surface area contributed by atoms with Gasteiger partial charge in [-0.15, -0.1) is 0 Å². The molecular formula is C21H30N2O4S. The third-order valence-electron chi connectivity index (χ3n) is 5.61. The summed E-state index contributed by atoms with van der Waals surface area (Å²) in [5, 5.41) is 12.7. The average Bonchev–Trinajstić information content (AvgIpc) is 2.69. The van der Waals surface area contributed by atoms with Gasteiger partial charge in [-0.05, 0) is 63.1 Å². The molecule has 1 fully saturated rings. The van der Waals surface area contributed by atoms with Gasteiger partial charge in [-0.2, -0.15) is 0 Å². The molecule has 0 saturated heterocycles. The highest BCUT2D eigenvalue weighted by molar-refractivity contribution is 7.89. The summed E-state index contributed by atoms with van der Waals surface area (Å²) in [6.45, 7) is 0.637. The summed E-state index contributed by atoms with van der Waals surface area (Å²) < 4.78 is 28.1. The van der Waals surface area contributed by atoms with Crippen LogP contribution in [0.3, 0.4) is 0 Å². The first-order valence-corrected chi connectivity index (χ1v) is 11.8. The Balaban J connectivity index is 1.69. The van der Waals surface area contributed by atoms with Crippen molar-refractivity contribution in [3.8, 4) is 0 Å². The molecule has 0 spiro atoms. The summed E-state index contributed by atoms with van der Waals surface area (Å²) in [6.07, 6.45) is 12.7. The molecule has 6 nitrogen and oxygen atoms in total. The predicted octanol–water partition coefficient (Wildman–Crippen LogP) is 4.30. The van der Waals surface area contributed by atoms with Gasteiger partial charge in [0.1, 0.15) is 0 Å². The molecule has 2 aliphatic rings. The quantitative estimate of drug-likeness (QED) is 0.560. The van der Waals surface area contributed by atoms with E-state index < -0.39 is 16.0 Å². The lowest BCUT2D eigenvalue weighted by atomic mass is 9.96. The number of hydrogen-bond acceptors (Lipinski definition) is 4. The van der Waals surface area contributed by atoms with Crippen LogP contribution < -0.4 is 10.0 Å². The molecule has 0 unspecified atom stereocenters. The van der Waals surface area contributed by atoms with Crippen molar-refractivity contribution >= 4 is 21.7 Å². The molecule has 0 aliphatic heterocycles. The van der Waals surface area contributed by atoms with Gasteiger partial charge in [-0.1, -0.05) is 30.9 Å². The van der Waals surface area contributed by atoms with Crippen LogP contribution in [-0.2, 0) is 10.0 Å². The van der Waals surface area contributed by atoms with Crippen LogP contribution in [0.5, 0.6) is 0 Å². The fourth-order valence-electron chi connectivity index (χ4n) is 4.02. The first kappa shape index (κ1) is 20.9. The lowest BCUT2D eigenvalue weighted by Gasteiger charge is -2.22. The molecule has 3 N–H and O–H groups in total. The van der Waals surface area contributed by atoms with Crippen LogP contribution in [0.4, 0.5) is 5.69 Å². The van der Waals surface area contributed by atoms with Crippen molar-refractivity contribution in [2.75, 3.05) is 11.9 Å². The van der Waals surface area contributed by atoms with Gasteiger partial charge in [0, 0.05) is 18.3 Å². The minimum absolute atomic E-state index is 0.0101. The van der Waals surface area contributed by atoms with Crippen molar-refractivity contribution in [3.63, 3.8) is 0 Å². The molecule has 28 heavy (non-hydrogen) atoms. The van der Waals surface area contributed by atoms with Crippen molar-refractivity contribution in [1.29, 1.82) is 0 Å². The molecule has 0 bridgehead atoms. The van der Waals surface area contributed by atoms with E-state index in [1.165, 1.54) is 30.5 Å². The number of rotatable bonds is 8. The molecule has 0 atom stereocenters. The standard InChI is InChI=1S/C21H30N2O4S/c24-21(25)19-15-18(28(26,27)23-17-9-5-2-6-10-17)11-12-20(19)22-14-13-16-7-3-1-4-8-16/h7,11-12,15,17,22-23H,1-6,8-10,13-14H2,(H,24,25). The fourth-order valence-corrected chi connectivity index (χ4v) is 5.35. The Morgan fingerprint density at radius 2 is 1.89 bits per heavy atom. The number of carboxylic acid groups (broad SMARTS) is 1. The number of benzene rings is 1. The van der Waals surface area contributed by atoms with E-state index in [4.69, 9.17) is 0 Å². The first-order valence-electron chi connectivity index (χ1n) is 10.3. The fraction of sp³-hybridized carbons (Fsp3) is 0.571. The maximum atomic E-state index is 12.7. The van der Waals surface area contributed by atoms with Gasteiger partial charge in [0.05, 0.1) is 10.5 Å². The zero-order chi connectivity index (χ0) is 20.0. The van der Waals surface area contributed by atoms with E-state index in [1.807, 2.05) is 0 Å².